The van der Waals surface area contributed by atoms with Crippen molar-refractivity contribution in [3.05, 3.63) is 69.1 Å². The number of alkyl halides is 3. The molecule has 8 nitrogen and oxygen atoms in total. The molecule has 1 aliphatic rings. The van der Waals surface area contributed by atoms with Crippen molar-refractivity contribution in [2.45, 2.75) is 38.5 Å². The van der Waals surface area contributed by atoms with Crippen LogP contribution in [-0.2, 0) is 24.7 Å². The van der Waals surface area contributed by atoms with Gasteiger partial charge in [-0.15, -0.1) is 0 Å². The zero-order chi connectivity index (χ0) is 23.8. The Morgan fingerprint density at radius 2 is 1.97 bits per heavy atom. The highest BCUT2D eigenvalue weighted by Gasteiger charge is 2.34. The highest BCUT2D eigenvalue weighted by Crippen LogP contribution is 2.43. The van der Waals surface area contributed by atoms with Crippen LogP contribution >= 0.6 is 0 Å². The maximum Gasteiger partial charge on any atom is 0.419 e. The minimum Gasteiger partial charge on any atom is -0.496 e. The molecule has 0 aliphatic heterocycles. The van der Waals surface area contributed by atoms with Crippen molar-refractivity contribution < 1.29 is 22.7 Å². The molecule has 0 radical (unpaired) electrons. The van der Waals surface area contributed by atoms with Crippen molar-refractivity contribution >= 4 is 5.71 Å². The average Bonchev–Trinajstić information content (AvgIpc) is 3.58. The van der Waals surface area contributed by atoms with Gasteiger partial charge in [0.15, 0.2) is 0 Å². The van der Waals surface area contributed by atoms with Gasteiger partial charge in [0.25, 0.3) is 0 Å². The van der Waals surface area contributed by atoms with Crippen LogP contribution in [0.2, 0.25) is 0 Å². The maximum absolute atomic E-state index is 13.3. The smallest absolute Gasteiger partial charge is 0.419 e. The lowest BCUT2D eigenvalue weighted by atomic mass is 10.0. The molecular weight excluding hydrogens is 439 g/mol. The van der Waals surface area contributed by atoms with E-state index in [0.717, 1.165) is 34.7 Å². The summed E-state index contributed by atoms with van der Waals surface area (Å²) in [5, 5.41) is 11.7. The van der Waals surface area contributed by atoms with Crippen LogP contribution in [0.3, 0.4) is 0 Å². The number of methoxy groups -OCH3 is 1. The van der Waals surface area contributed by atoms with Gasteiger partial charge in [0.05, 0.1) is 24.1 Å². The summed E-state index contributed by atoms with van der Waals surface area (Å²) in [4.78, 5) is 17.9. The fraction of sp³-hybridized carbons (Fsp3) is 0.364. The number of rotatable bonds is 7. The van der Waals surface area contributed by atoms with E-state index in [0.29, 0.717) is 11.6 Å². The highest BCUT2D eigenvalue weighted by atomic mass is 19.4. The molecule has 1 saturated carbocycles. The Hall–Kier alpha value is -3.63. The topological polar surface area (TPSA) is 83.5 Å². The van der Waals surface area contributed by atoms with Crippen molar-refractivity contribution in [3.8, 4) is 11.4 Å². The fourth-order valence-electron chi connectivity index (χ4n) is 3.59. The molecule has 0 atom stereocenters. The van der Waals surface area contributed by atoms with Crippen molar-refractivity contribution in [3.63, 3.8) is 0 Å². The summed E-state index contributed by atoms with van der Waals surface area (Å²) in [6.45, 7) is 1.58. The van der Waals surface area contributed by atoms with Gasteiger partial charge >= 0.3 is 11.9 Å². The summed E-state index contributed by atoms with van der Waals surface area (Å²) >= 11 is 0. The van der Waals surface area contributed by atoms with E-state index in [2.05, 4.69) is 15.6 Å². The second kappa shape index (κ2) is 8.72. The van der Waals surface area contributed by atoms with E-state index in [-0.39, 0.29) is 23.6 Å². The fourth-order valence-corrected chi connectivity index (χ4v) is 3.59. The van der Waals surface area contributed by atoms with Gasteiger partial charge in [-0.3, -0.25) is 0 Å². The monoisotopic (exact) mass is 461 g/mol. The van der Waals surface area contributed by atoms with Crippen LogP contribution in [0, 0.1) is 0 Å². The number of ether oxygens (including phenoxy) is 1. The molecule has 0 amide bonds. The number of aryl methyl sites for hydroxylation is 1. The molecule has 1 aliphatic carbocycles. The van der Waals surface area contributed by atoms with E-state index in [4.69, 9.17) is 9.57 Å². The van der Waals surface area contributed by atoms with Gasteiger partial charge in [-0.1, -0.05) is 17.3 Å². The number of hydrogen-bond donors (Lipinski definition) is 0. The third-order valence-electron chi connectivity index (χ3n) is 5.49. The summed E-state index contributed by atoms with van der Waals surface area (Å²) in [6, 6.07) is 9.27. The molecule has 0 saturated heterocycles. The maximum atomic E-state index is 13.3. The summed E-state index contributed by atoms with van der Waals surface area (Å²) in [5.41, 5.74) is 1.54. The Labute approximate surface area is 187 Å². The van der Waals surface area contributed by atoms with E-state index in [1.54, 1.807) is 13.0 Å². The first kappa shape index (κ1) is 22.6. The van der Waals surface area contributed by atoms with Gasteiger partial charge in [0.2, 0.25) is 0 Å². The van der Waals surface area contributed by atoms with Crippen molar-refractivity contribution in [1.29, 1.82) is 0 Å². The predicted molar refractivity (Wildman–Crippen MR) is 114 cm³/mol. The second-order valence-electron chi connectivity index (χ2n) is 7.78. The first-order chi connectivity index (χ1) is 15.7. The number of aromatic nitrogens is 4. The quantitative estimate of drug-likeness (QED) is 0.395. The Morgan fingerprint density at radius 1 is 1.21 bits per heavy atom. The first-order valence-electron chi connectivity index (χ1n) is 10.2. The zero-order valence-electron chi connectivity index (χ0n) is 18.3. The second-order valence-corrected chi connectivity index (χ2v) is 7.78. The third-order valence-corrected chi connectivity index (χ3v) is 5.49. The van der Waals surface area contributed by atoms with Gasteiger partial charge in [0, 0.05) is 12.6 Å². The molecule has 0 bridgehead atoms. The number of halogens is 3. The lowest BCUT2D eigenvalue weighted by Gasteiger charge is -2.14. The van der Waals surface area contributed by atoms with Crippen LogP contribution in [-0.4, -0.2) is 32.6 Å². The molecule has 4 rings (SSSR count). The summed E-state index contributed by atoms with van der Waals surface area (Å²) < 4.78 is 47.1. The molecule has 11 heteroatoms. The summed E-state index contributed by atoms with van der Waals surface area (Å²) in [6.07, 6.45) is -2.51. The molecule has 1 heterocycles. The van der Waals surface area contributed by atoms with Gasteiger partial charge in [-0.2, -0.15) is 22.5 Å². The SMILES string of the molecule is COc1ccc(C(C)=NOCc2c(C3CC3)cccc2-n2nnn(C)c2=O)cc1C(F)(F)F. The Balaban J connectivity index is 1.62. The number of tetrazole rings is 1. The van der Waals surface area contributed by atoms with Crippen LogP contribution in [0.15, 0.2) is 46.3 Å². The van der Waals surface area contributed by atoms with Crippen LogP contribution in [0.4, 0.5) is 13.2 Å². The van der Waals surface area contributed by atoms with Crippen molar-refractivity contribution in [1.82, 2.24) is 19.8 Å². The van der Waals surface area contributed by atoms with E-state index in [1.807, 2.05) is 12.1 Å². The Kier molecular flexibility index (Phi) is 5.96. The minimum atomic E-state index is -4.56. The minimum absolute atomic E-state index is 0.0185. The van der Waals surface area contributed by atoms with Gasteiger partial charge in [0.1, 0.15) is 12.4 Å². The molecule has 33 heavy (non-hydrogen) atoms. The van der Waals surface area contributed by atoms with Gasteiger partial charge < -0.3 is 9.57 Å². The molecule has 0 N–H and O–H groups in total. The highest BCUT2D eigenvalue weighted by molar-refractivity contribution is 5.98. The average molecular weight is 461 g/mol. The largest absolute Gasteiger partial charge is 0.496 e. The first-order valence-corrected chi connectivity index (χ1v) is 10.2. The molecule has 174 valence electrons. The lowest BCUT2D eigenvalue weighted by Crippen LogP contribution is -2.23. The molecule has 2 aromatic carbocycles. The number of nitrogens with zero attached hydrogens (tertiary/aromatic N) is 5. The number of hydrogen-bond acceptors (Lipinski definition) is 6. The molecule has 1 fully saturated rings. The van der Waals surface area contributed by atoms with E-state index < -0.39 is 17.4 Å². The normalized spacial score (nSPS) is 14.4. The van der Waals surface area contributed by atoms with E-state index in [1.165, 1.54) is 31.0 Å². The van der Waals surface area contributed by atoms with Crippen LogP contribution in [0.5, 0.6) is 5.75 Å². The lowest BCUT2D eigenvalue weighted by molar-refractivity contribution is -0.138. The van der Waals surface area contributed by atoms with Crippen LogP contribution in [0.1, 0.15) is 47.9 Å². The van der Waals surface area contributed by atoms with Crippen molar-refractivity contribution in [2.75, 3.05) is 7.11 Å². The predicted octanol–water partition coefficient (Wildman–Crippen LogP) is 3.81. The molecule has 3 aromatic rings. The molecule has 0 spiro atoms. The van der Waals surface area contributed by atoms with Crippen LogP contribution < -0.4 is 10.4 Å². The Morgan fingerprint density at radius 3 is 2.58 bits per heavy atom. The van der Waals surface area contributed by atoms with Gasteiger partial charge in [-0.05, 0) is 71.5 Å². The number of benzene rings is 2. The van der Waals surface area contributed by atoms with E-state index in [9.17, 15) is 18.0 Å². The standard InChI is InChI=1S/C22H22F3N5O3/c1-13(15-9-10-20(32-3)18(11-15)22(23,24)25)26-33-12-17-16(14-7-8-14)5-4-6-19(17)30-21(31)29(2)27-28-30/h4-6,9-11,14H,7-8,12H2,1-3H3. The Bertz CT molecular complexity index is 1260. The zero-order valence-corrected chi connectivity index (χ0v) is 18.3. The third kappa shape index (κ3) is 4.62. The molecule has 1 aromatic heterocycles. The summed E-state index contributed by atoms with van der Waals surface area (Å²) in [7, 11) is 2.69. The molecule has 0 unspecified atom stereocenters. The van der Waals surface area contributed by atoms with Crippen molar-refractivity contribution in [2.24, 2.45) is 12.2 Å². The van der Waals surface area contributed by atoms with Gasteiger partial charge in [-0.25, -0.2) is 4.79 Å². The molecular formula is C22H22F3N5O3. The summed E-state index contributed by atoms with van der Waals surface area (Å²) in [5.74, 6) is 0.0920. The van der Waals surface area contributed by atoms with Crippen LogP contribution in [0.25, 0.3) is 5.69 Å². The van der Waals surface area contributed by atoms with E-state index >= 15 is 0 Å². The number of oxime groups is 1.